The number of hydrogen-bond donors (Lipinski definition) is 1. The second-order valence-corrected chi connectivity index (χ2v) is 8.01. The molecule has 0 amide bonds. The number of ether oxygens (including phenoxy) is 1. The van der Waals surface area contributed by atoms with E-state index in [-0.39, 0.29) is 11.5 Å². The Balaban J connectivity index is 1.71. The van der Waals surface area contributed by atoms with Gasteiger partial charge in [0.1, 0.15) is 0 Å². The van der Waals surface area contributed by atoms with Crippen molar-refractivity contribution in [3.05, 3.63) is 29.6 Å². The van der Waals surface area contributed by atoms with Crippen LogP contribution >= 0.6 is 0 Å². The number of hydrogen-bond acceptors (Lipinski definition) is 3. The molecule has 5 heteroatoms. The van der Waals surface area contributed by atoms with E-state index in [0.717, 1.165) is 19.3 Å². The van der Waals surface area contributed by atoms with Gasteiger partial charge in [-0.1, -0.05) is 0 Å². The molecule has 1 aromatic carbocycles. The van der Waals surface area contributed by atoms with E-state index in [2.05, 4.69) is 0 Å². The number of carboxylic acids is 1. The minimum Gasteiger partial charge on any atom is -0.494 e. The smallest absolute Gasteiger partial charge is 0.309 e. The Hall–Kier alpha value is -1.91. The Bertz CT molecular complexity index is 712. The summed E-state index contributed by atoms with van der Waals surface area (Å²) in [5, 5.41) is 9.77. The van der Waals surface area contributed by atoms with Crippen LogP contribution in [0.15, 0.2) is 18.2 Å². The van der Waals surface area contributed by atoms with E-state index in [1.807, 2.05) is 0 Å². The van der Waals surface area contributed by atoms with Crippen molar-refractivity contribution in [2.24, 2.45) is 22.7 Å². The number of carboxylic acid groups (broad SMARTS) is 1. The fourth-order valence-corrected chi connectivity index (χ4v) is 5.89. The third kappa shape index (κ3) is 2.10. The van der Waals surface area contributed by atoms with Gasteiger partial charge in [-0.05, 0) is 68.6 Å². The summed E-state index contributed by atoms with van der Waals surface area (Å²) in [7, 11) is 1.38. The molecule has 2 atom stereocenters. The Morgan fingerprint density at radius 3 is 2.33 bits per heavy atom. The van der Waals surface area contributed by atoms with Gasteiger partial charge in [0.2, 0.25) is 0 Å². The predicted octanol–water partition coefficient (Wildman–Crippen LogP) is 3.69. The van der Waals surface area contributed by atoms with Crippen molar-refractivity contribution in [1.82, 2.24) is 0 Å². The van der Waals surface area contributed by atoms with E-state index in [9.17, 15) is 19.1 Å². The van der Waals surface area contributed by atoms with Crippen LogP contribution in [0.3, 0.4) is 0 Å². The molecule has 0 aliphatic heterocycles. The highest BCUT2D eigenvalue weighted by molar-refractivity contribution is 6.01. The lowest BCUT2D eigenvalue weighted by Gasteiger charge is -2.59. The minimum atomic E-state index is -0.769. The zero-order valence-electron chi connectivity index (χ0n) is 13.7. The van der Waals surface area contributed by atoms with Crippen molar-refractivity contribution in [2.75, 3.05) is 7.11 Å². The molecule has 4 saturated carbocycles. The lowest BCUT2D eigenvalue weighted by atomic mass is 9.43. The van der Waals surface area contributed by atoms with Gasteiger partial charge < -0.3 is 9.84 Å². The normalized spacial score (nSPS) is 36.6. The lowest BCUT2D eigenvalue weighted by Crippen LogP contribution is -2.57. The zero-order chi connectivity index (χ0) is 17.1. The fraction of sp³-hybridized carbons (Fsp3) is 0.579. The molecule has 128 valence electrons. The number of carbonyl (C=O) groups is 2. The third-order valence-corrected chi connectivity index (χ3v) is 6.41. The molecule has 4 nitrogen and oxygen atoms in total. The van der Waals surface area contributed by atoms with Gasteiger partial charge in [0.25, 0.3) is 0 Å². The van der Waals surface area contributed by atoms with Gasteiger partial charge in [0.15, 0.2) is 17.3 Å². The van der Waals surface area contributed by atoms with E-state index in [0.29, 0.717) is 36.7 Å². The molecule has 0 saturated heterocycles. The highest BCUT2D eigenvalue weighted by Crippen LogP contribution is 2.66. The van der Waals surface area contributed by atoms with Crippen LogP contribution in [0.5, 0.6) is 5.75 Å². The van der Waals surface area contributed by atoms with Gasteiger partial charge in [-0.2, -0.15) is 0 Å². The number of aliphatic carboxylic acids is 1. The summed E-state index contributed by atoms with van der Waals surface area (Å²) < 4.78 is 18.9. The van der Waals surface area contributed by atoms with Crippen molar-refractivity contribution in [3.8, 4) is 5.75 Å². The molecule has 4 aliphatic carbocycles. The minimum absolute atomic E-state index is 0.0937. The Morgan fingerprint density at radius 1 is 1.17 bits per heavy atom. The van der Waals surface area contributed by atoms with E-state index < -0.39 is 22.6 Å². The Labute approximate surface area is 140 Å². The van der Waals surface area contributed by atoms with Crippen molar-refractivity contribution >= 4 is 11.8 Å². The topological polar surface area (TPSA) is 63.6 Å². The summed E-state index contributed by atoms with van der Waals surface area (Å²) in [4.78, 5) is 25.1. The molecular formula is C19H21FO4. The maximum atomic E-state index is 14.0. The maximum Gasteiger partial charge on any atom is 0.309 e. The number of Topliss-reactive ketones (excluding diaryl/α,β-unsaturated/α-hetero) is 1. The van der Waals surface area contributed by atoms with Crippen LogP contribution in [0, 0.1) is 28.5 Å². The first-order chi connectivity index (χ1) is 11.4. The lowest BCUT2D eigenvalue weighted by molar-refractivity contribution is -0.169. The highest BCUT2D eigenvalue weighted by Gasteiger charge is 2.63. The summed E-state index contributed by atoms with van der Waals surface area (Å²) in [6.45, 7) is 0. The molecule has 1 aromatic rings. The Kier molecular flexibility index (Phi) is 3.28. The SMILES string of the molecule is COc1ccc(C(=O)C23CC4CC(CC(C(=O)O)(C4)C2)C3)cc1F. The summed E-state index contributed by atoms with van der Waals surface area (Å²) in [6.07, 6.45) is 4.28. The Morgan fingerprint density at radius 2 is 1.79 bits per heavy atom. The molecule has 5 rings (SSSR count). The molecule has 1 N–H and O–H groups in total. The van der Waals surface area contributed by atoms with Crippen LogP contribution in [0.2, 0.25) is 0 Å². The highest BCUT2D eigenvalue weighted by atomic mass is 19.1. The second-order valence-electron chi connectivity index (χ2n) is 8.01. The second kappa shape index (κ2) is 5.04. The fourth-order valence-electron chi connectivity index (χ4n) is 5.89. The summed E-state index contributed by atoms with van der Waals surface area (Å²) in [5.41, 5.74) is -1.07. The largest absolute Gasteiger partial charge is 0.494 e. The average Bonchev–Trinajstić information content (AvgIpc) is 2.52. The number of halogens is 1. The average molecular weight is 332 g/mol. The number of carbonyl (C=O) groups excluding carboxylic acids is 1. The van der Waals surface area contributed by atoms with Gasteiger partial charge in [-0.15, -0.1) is 0 Å². The molecule has 0 aromatic heterocycles. The molecular weight excluding hydrogens is 311 g/mol. The standard InChI is InChI=1S/C19H21FO4/c1-24-15-3-2-13(5-14(15)20)16(21)18-6-11-4-12(7-18)9-19(8-11,10-18)17(22)23/h2-3,5,11-12H,4,6-10H2,1H3,(H,22,23). The van der Waals surface area contributed by atoms with Gasteiger partial charge in [-0.25, -0.2) is 4.39 Å². The number of benzene rings is 1. The molecule has 0 heterocycles. The van der Waals surface area contributed by atoms with Crippen LogP contribution in [-0.2, 0) is 4.79 Å². The van der Waals surface area contributed by atoms with Crippen molar-refractivity contribution < 1.29 is 23.8 Å². The van der Waals surface area contributed by atoms with Gasteiger partial charge in [0.05, 0.1) is 12.5 Å². The van der Waals surface area contributed by atoms with Crippen LogP contribution in [0.4, 0.5) is 4.39 Å². The molecule has 0 spiro atoms. The molecule has 24 heavy (non-hydrogen) atoms. The van der Waals surface area contributed by atoms with Crippen LogP contribution in [0.1, 0.15) is 48.9 Å². The summed E-state index contributed by atoms with van der Waals surface area (Å²) in [5.74, 6) is -0.706. The predicted molar refractivity (Wildman–Crippen MR) is 84.5 cm³/mol. The quantitative estimate of drug-likeness (QED) is 0.854. The van der Waals surface area contributed by atoms with Gasteiger partial charge in [-0.3, -0.25) is 9.59 Å². The van der Waals surface area contributed by atoms with Crippen LogP contribution in [0.25, 0.3) is 0 Å². The molecule has 4 bridgehead atoms. The number of rotatable bonds is 4. The number of ketones is 1. The van der Waals surface area contributed by atoms with Gasteiger partial charge >= 0.3 is 5.97 Å². The van der Waals surface area contributed by atoms with E-state index in [1.54, 1.807) is 6.07 Å². The monoisotopic (exact) mass is 332 g/mol. The summed E-state index contributed by atoms with van der Waals surface area (Å²) >= 11 is 0. The van der Waals surface area contributed by atoms with Crippen LogP contribution in [-0.4, -0.2) is 24.0 Å². The van der Waals surface area contributed by atoms with E-state index in [1.165, 1.54) is 19.2 Å². The molecule has 4 fully saturated rings. The molecule has 4 aliphatic rings. The van der Waals surface area contributed by atoms with Crippen molar-refractivity contribution in [2.45, 2.75) is 38.5 Å². The molecule has 2 unspecified atom stereocenters. The van der Waals surface area contributed by atoms with Crippen molar-refractivity contribution in [3.63, 3.8) is 0 Å². The number of methoxy groups -OCH3 is 1. The maximum absolute atomic E-state index is 14.0. The first kappa shape index (κ1) is 15.6. The van der Waals surface area contributed by atoms with E-state index in [4.69, 9.17) is 4.74 Å². The first-order valence-corrected chi connectivity index (χ1v) is 8.49. The zero-order valence-corrected chi connectivity index (χ0v) is 13.7. The van der Waals surface area contributed by atoms with Crippen molar-refractivity contribution in [1.29, 1.82) is 0 Å². The summed E-state index contributed by atoms with van der Waals surface area (Å²) in [6, 6.07) is 4.29. The third-order valence-electron chi connectivity index (χ3n) is 6.41. The first-order valence-electron chi connectivity index (χ1n) is 8.49. The molecule has 0 radical (unpaired) electrons. The van der Waals surface area contributed by atoms with Gasteiger partial charge in [0, 0.05) is 11.0 Å². The van der Waals surface area contributed by atoms with Crippen LogP contribution < -0.4 is 4.74 Å². The van der Waals surface area contributed by atoms with E-state index >= 15 is 0 Å².